The molecule has 0 aromatic heterocycles. The first-order valence-electron chi connectivity index (χ1n) is 4.55. The van der Waals surface area contributed by atoms with E-state index in [0.29, 0.717) is 18.1 Å². The number of hydrogen-bond donors (Lipinski definition) is 1. The molecule has 0 unspecified atom stereocenters. The van der Waals surface area contributed by atoms with E-state index >= 15 is 0 Å². The van der Waals surface area contributed by atoms with Crippen LogP contribution in [-0.2, 0) is 4.74 Å². The number of benzene rings is 1. The Kier molecular flexibility index (Phi) is 11.2. The summed E-state index contributed by atoms with van der Waals surface area (Å²) in [6, 6.07) is 6.01. The van der Waals surface area contributed by atoms with Gasteiger partial charge in [0, 0.05) is 59.1 Å². The van der Waals surface area contributed by atoms with Gasteiger partial charge in [0.05, 0.1) is 12.2 Å². The van der Waals surface area contributed by atoms with Gasteiger partial charge in [0.2, 0.25) is 0 Å². The van der Waals surface area contributed by atoms with E-state index in [1.807, 2.05) is 13.8 Å². The van der Waals surface area contributed by atoms with Gasteiger partial charge in [-0.05, 0) is 30.2 Å². The van der Waals surface area contributed by atoms with Crippen LogP contribution >= 0.6 is 0 Å². The quantitative estimate of drug-likeness (QED) is 0.642. The fourth-order valence-electron chi connectivity index (χ4n) is 0.923. The van der Waals surface area contributed by atoms with Crippen molar-refractivity contribution in [2.24, 2.45) is 5.92 Å². The second-order valence-corrected chi connectivity index (χ2v) is 3.54. The molecule has 2 radical (unpaired) electrons. The molecule has 0 aliphatic rings. The van der Waals surface area contributed by atoms with Gasteiger partial charge < -0.3 is 9.84 Å². The minimum absolute atomic E-state index is 0. The number of carbonyl (C=O) groups is 1. The van der Waals surface area contributed by atoms with Crippen LogP contribution in [0.4, 0.5) is 0 Å². The molecule has 0 spiro atoms. The maximum absolute atomic E-state index is 11.4. The molecule has 78 valence electrons. The maximum Gasteiger partial charge on any atom is 0.338 e. The summed E-state index contributed by atoms with van der Waals surface area (Å²) in [6.45, 7) is 4.37. The van der Waals surface area contributed by atoms with Gasteiger partial charge in [-0.3, -0.25) is 0 Å². The normalized spacial score (nSPS) is 8.94. The van der Waals surface area contributed by atoms with Gasteiger partial charge in [0.15, 0.2) is 0 Å². The smallest absolute Gasteiger partial charge is 0.338 e. The molecule has 0 bridgehead atoms. The zero-order valence-electron chi connectivity index (χ0n) is 10.4. The average molecular weight is 240 g/mol. The van der Waals surface area contributed by atoms with Crippen molar-refractivity contribution in [2.45, 2.75) is 13.8 Å². The summed E-state index contributed by atoms with van der Waals surface area (Å²) in [6.07, 6.45) is 0. The number of carbonyl (C=O) groups excluding carboxylic acids is 1. The molecule has 1 N–H and O–H groups in total. The van der Waals surface area contributed by atoms with E-state index < -0.39 is 0 Å². The summed E-state index contributed by atoms with van der Waals surface area (Å²) < 4.78 is 5.01. The van der Waals surface area contributed by atoms with Gasteiger partial charge in [-0.2, -0.15) is 0 Å². The summed E-state index contributed by atoms with van der Waals surface area (Å²) in [5, 5.41) is 9.00. The van der Waals surface area contributed by atoms with Gasteiger partial charge in [-0.25, -0.2) is 4.79 Å². The number of phenols is 1. The van der Waals surface area contributed by atoms with E-state index in [9.17, 15) is 4.79 Å². The molecule has 0 saturated carbocycles. The third-order valence-electron chi connectivity index (χ3n) is 1.65. The summed E-state index contributed by atoms with van der Waals surface area (Å²) in [4.78, 5) is 11.4. The number of rotatable bonds is 3. The van der Waals surface area contributed by atoms with Crippen LogP contribution in [0.5, 0.6) is 5.75 Å². The summed E-state index contributed by atoms with van der Waals surface area (Å²) >= 11 is 0. The summed E-state index contributed by atoms with van der Waals surface area (Å²) in [7, 11) is 0. The zero-order chi connectivity index (χ0) is 10.6. The van der Waals surface area contributed by atoms with Crippen molar-refractivity contribution >= 4 is 65.1 Å². The summed E-state index contributed by atoms with van der Waals surface area (Å²) in [5.41, 5.74) is 0.462. The Morgan fingerprint density at radius 3 is 2.19 bits per heavy atom. The molecule has 1 rings (SSSR count). The van der Waals surface area contributed by atoms with Gasteiger partial charge >= 0.3 is 5.97 Å². The van der Waals surface area contributed by atoms with Crippen molar-refractivity contribution in [1.29, 1.82) is 0 Å². The minimum atomic E-state index is -0.348. The van der Waals surface area contributed by atoms with Crippen molar-refractivity contribution in [3.63, 3.8) is 0 Å². The number of ether oxygens (including phenoxy) is 1. The molecule has 0 aliphatic carbocycles. The van der Waals surface area contributed by atoms with Crippen molar-refractivity contribution in [1.82, 2.24) is 0 Å². The Balaban J connectivity index is 0. The van der Waals surface area contributed by atoms with Crippen LogP contribution in [0.25, 0.3) is 0 Å². The SMILES string of the molecule is CC(C)COC(=O)c1ccc(O)cc1.[Na].[Na]. The predicted octanol–water partition coefficient (Wildman–Crippen LogP) is 1.44. The van der Waals surface area contributed by atoms with Gasteiger partial charge in [0.1, 0.15) is 5.75 Å². The Morgan fingerprint density at radius 1 is 1.25 bits per heavy atom. The molecule has 1 aromatic carbocycles. The van der Waals surface area contributed by atoms with E-state index in [2.05, 4.69) is 0 Å². The van der Waals surface area contributed by atoms with Crippen LogP contribution < -0.4 is 0 Å². The van der Waals surface area contributed by atoms with E-state index in [4.69, 9.17) is 9.84 Å². The van der Waals surface area contributed by atoms with E-state index in [1.54, 1.807) is 0 Å². The van der Waals surface area contributed by atoms with Crippen LogP contribution in [-0.4, -0.2) is 76.8 Å². The first kappa shape index (κ1) is 18.8. The van der Waals surface area contributed by atoms with E-state index in [-0.39, 0.29) is 70.8 Å². The van der Waals surface area contributed by atoms with E-state index in [1.165, 1.54) is 24.3 Å². The molecule has 1 aromatic rings. The monoisotopic (exact) mass is 240 g/mol. The molecular formula is C11H14Na2O3. The number of hydrogen-bond acceptors (Lipinski definition) is 3. The first-order valence-corrected chi connectivity index (χ1v) is 4.55. The van der Waals surface area contributed by atoms with Gasteiger partial charge in [0.25, 0.3) is 0 Å². The van der Waals surface area contributed by atoms with Crippen molar-refractivity contribution in [2.75, 3.05) is 6.61 Å². The van der Waals surface area contributed by atoms with Crippen LogP contribution in [0, 0.1) is 5.92 Å². The van der Waals surface area contributed by atoms with Crippen LogP contribution in [0.15, 0.2) is 24.3 Å². The summed E-state index contributed by atoms with van der Waals surface area (Å²) in [5.74, 6) is 0.125. The third kappa shape index (κ3) is 6.94. The first-order chi connectivity index (χ1) is 6.59. The van der Waals surface area contributed by atoms with Crippen molar-refractivity contribution in [3.8, 4) is 5.75 Å². The molecule has 0 heterocycles. The van der Waals surface area contributed by atoms with Gasteiger partial charge in [-0.1, -0.05) is 13.8 Å². The van der Waals surface area contributed by atoms with E-state index in [0.717, 1.165) is 0 Å². The Bertz CT molecular complexity index is 310. The standard InChI is InChI=1S/C11H14O3.2Na/c1-8(2)7-14-11(13)9-3-5-10(12)6-4-9;;/h3-6,8,12H,7H2,1-2H3;;. The zero-order valence-corrected chi connectivity index (χ0v) is 14.4. The molecule has 0 atom stereocenters. The number of esters is 1. The molecule has 3 nitrogen and oxygen atoms in total. The number of aromatic hydroxyl groups is 1. The fraction of sp³-hybridized carbons (Fsp3) is 0.364. The molecule has 0 fully saturated rings. The van der Waals surface area contributed by atoms with Crippen LogP contribution in [0.2, 0.25) is 0 Å². The van der Waals surface area contributed by atoms with Crippen LogP contribution in [0.1, 0.15) is 24.2 Å². The number of phenolic OH excluding ortho intramolecular Hbond substituents is 1. The van der Waals surface area contributed by atoms with Crippen molar-refractivity contribution < 1.29 is 14.6 Å². The fourth-order valence-corrected chi connectivity index (χ4v) is 0.923. The molecule has 0 aliphatic heterocycles. The largest absolute Gasteiger partial charge is 0.508 e. The molecule has 5 heteroatoms. The van der Waals surface area contributed by atoms with Crippen molar-refractivity contribution in [3.05, 3.63) is 29.8 Å². The minimum Gasteiger partial charge on any atom is -0.508 e. The molecular weight excluding hydrogens is 226 g/mol. The van der Waals surface area contributed by atoms with Crippen LogP contribution in [0.3, 0.4) is 0 Å². The molecule has 16 heavy (non-hydrogen) atoms. The molecule has 0 saturated heterocycles. The second-order valence-electron chi connectivity index (χ2n) is 3.54. The maximum atomic E-state index is 11.4. The van der Waals surface area contributed by atoms with Gasteiger partial charge in [-0.15, -0.1) is 0 Å². The predicted molar refractivity (Wildman–Crippen MR) is 64.7 cm³/mol. The average Bonchev–Trinajstić information content (AvgIpc) is 2.15. The Morgan fingerprint density at radius 2 is 1.75 bits per heavy atom. The second kappa shape index (κ2) is 9.51. The third-order valence-corrected chi connectivity index (χ3v) is 1.65. The molecule has 0 amide bonds. The Hall–Kier alpha value is 0.490. The Labute approximate surface area is 140 Å². The topological polar surface area (TPSA) is 46.5 Å².